The van der Waals surface area contributed by atoms with Crippen LogP contribution in [0.25, 0.3) is 0 Å². The van der Waals surface area contributed by atoms with Crippen LogP contribution in [-0.2, 0) is 0 Å². The standard InChI is InChI=1S/C11H21N3/c1-11(2,3)10(7-13)14-5-4-9(6-12)8-14/h9-10H,4-5,7-8,13H2,1-3H3. The lowest BCUT2D eigenvalue weighted by Gasteiger charge is -2.37. The molecule has 0 amide bonds. The van der Waals surface area contributed by atoms with Crippen molar-refractivity contribution in [2.45, 2.75) is 33.2 Å². The fourth-order valence-corrected chi connectivity index (χ4v) is 2.23. The molecule has 1 rings (SSSR count). The van der Waals surface area contributed by atoms with Gasteiger partial charge in [0.15, 0.2) is 0 Å². The molecule has 0 saturated carbocycles. The summed E-state index contributed by atoms with van der Waals surface area (Å²) >= 11 is 0. The van der Waals surface area contributed by atoms with Gasteiger partial charge in [-0.1, -0.05) is 20.8 Å². The van der Waals surface area contributed by atoms with Crippen molar-refractivity contribution in [2.75, 3.05) is 19.6 Å². The van der Waals surface area contributed by atoms with Gasteiger partial charge in [0, 0.05) is 19.1 Å². The Labute approximate surface area is 86.9 Å². The van der Waals surface area contributed by atoms with Crippen LogP contribution < -0.4 is 5.73 Å². The van der Waals surface area contributed by atoms with Gasteiger partial charge in [-0.15, -0.1) is 0 Å². The van der Waals surface area contributed by atoms with E-state index in [2.05, 4.69) is 31.7 Å². The van der Waals surface area contributed by atoms with Crippen molar-refractivity contribution < 1.29 is 0 Å². The average Bonchev–Trinajstić information content (AvgIpc) is 2.51. The molecule has 2 N–H and O–H groups in total. The van der Waals surface area contributed by atoms with E-state index < -0.39 is 0 Å². The molecule has 0 bridgehead atoms. The third-order valence-electron chi connectivity index (χ3n) is 3.07. The van der Waals surface area contributed by atoms with Gasteiger partial charge >= 0.3 is 0 Å². The molecule has 1 saturated heterocycles. The van der Waals surface area contributed by atoms with E-state index in [1.807, 2.05) is 0 Å². The Morgan fingerprint density at radius 3 is 2.57 bits per heavy atom. The average molecular weight is 195 g/mol. The summed E-state index contributed by atoms with van der Waals surface area (Å²) in [5.74, 6) is 0.214. The lowest BCUT2D eigenvalue weighted by atomic mass is 9.86. The molecule has 0 aromatic heterocycles. The molecular formula is C11H21N3. The summed E-state index contributed by atoms with van der Waals surface area (Å²) < 4.78 is 0. The molecule has 1 aliphatic heterocycles. The van der Waals surface area contributed by atoms with Crippen LogP contribution >= 0.6 is 0 Å². The van der Waals surface area contributed by atoms with Gasteiger partial charge in [-0.05, 0) is 18.4 Å². The monoisotopic (exact) mass is 195 g/mol. The van der Waals surface area contributed by atoms with Crippen molar-refractivity contribution in [1.29, 1.82) is 5.26 Å². The minimum Gasteiger partial charge on any atom is -0.329 e. The van der Waals surface area contributed by atoms with Gasteiger partial charge in [-0.3, -0.25) is 4.90 Å². The fourth-order valence-electron chi connectivity index (χ4n) is 2.23. The summed E-state index contributed by atoms with van der Waals surface area (Å²) in [6, 6.07) is 2.75. The second-order valence-electron chi connectivity index (χ2n) is 5.23. The summed E-state index contributed by atoms with van der Waals surface area (Å²) in [4.78, 5) is 2.37. The van der Waals surface area contributed by atoms with E-state index in [9.17, 15) is 0 Å². The van der Waals surface area contributed by atoms with Crippen molar-refractivity contribution in [2.24, 2.45) is 17.1 Å². The zero-order valence-electron chi connectivity index (χ0n) is 9.45. The molecular weight excluding hydrogens is 174 g/mol. The zero-order chi connectivity index (χ0) is 10.8. The first-order chi connectivity index (χ1) is 6.49. The largest absolute Gasteiger partial charge is 0.329 e. The Morgan fingerprint density at radius 2 is 2.21 bits per heavy atom. The van der Waals surface area contributed by atoms with Crippen molar-refractivity contribution in [1.82, 2.24) is 4.90 Å². The van der Waals surface area contributed by atoms with E-state index in [0.717, 1.165) is 19.5 Å². The molecule has 0 radical (unpaired) electrons. The number of hydrogen-bond donors (Lipinski definition) is 1. The Hall–Kier alpha value is -0.590. The van der Waals surface area contributed by atoms with Gasteiger partial charge in [0.2, 0.25) is 0 Å². The molecule has 1 fully saturated rings. The van der Waals surface area contributed by atoms with Crippen LogP contribution in [0.5, 0.6) is 0 Å². The molecule has 2 unspecified atom stereocenters. The van der Waals surface area contributed by atoms with E-state index in [-0.39, 0.29) is 11.3 Å². The molecule has 1 aliphatic rings. The number of rotatable bonds is 2. The first-order valence-electron chi connectivity index (χ1n) is 5.32. The number of nitrogens with two attached hydrogens (primary N) is 1. The predicted octanol–water partition coefficient (Wildman–Crippen LogP) is 1.21. The highest BCUT2D eigenvalue weighted by Gasteiger charge is 2.33. The molecule has 2 atom stereocenters. The maximum absolute atomic E-state index is 8.83. The second kappa shape index (κ2) is 4.29. The highest BCUT2D eigenvalue weighted by Crippen LogP contribution is 2.28. The van der Waals surface area contributed by atoms with Crippen molar-refractivity contribution in [3.63, 3.8) is 0 Å². The normalized spacial score (nSPS) is 26.1. The number of nitriles is 1. The highest BCUT2D eigenvalue weighted by molar-refractivity contribution is 4.95. The third kappa shape index (κ3) is 2.46. The fraction of sp³-hybridized carbons (Fsp3) is 0.909. The van der Waals surface area contributed by atoms with E-state index in [0.29, 0.717) is 12.6 Å². The van der Waals surface area contributed by atoms with Crippen molar-refractivity contribution >= 4 is 0 Å². The predicted molar refractivity (Wildman–Crippen MR) is 57.6 cm³/mol. The molecule has 0 aliphatic carbocycles. The molecule has 0 spiro atoms. The van der Waals surface area contributed by atoms with Gasteiger partial charge in [-0.25, -0.2) is 0 Å². The summed E-state index contributed by atoms with van der Waals surface area (Å²) in [6.07, 6.45) is 1.00. The lowest BCUT2D eigenvalue weighted by molar-refractivity contribution is 0.128. The van der Waals surface area contributed by atoms with Crippen LogP contribution in [0.4, 0.5) is 0 Å². The molecule has 80 valence electrons. The highest BCUT2D eigenvalue weighted by atomic mass is 15.2. The molecule has 14 heavy (non-hydrogen) atoms. The van der Waals surface area contributed by atoms with Crippen molar-refractivity contribution in [3.05, 3.63) is 0 Å². The van der Waals surface area contributed by atoms with E-state index in [1.165, 1.54) is 0 Å². The van der Waals surface area contributed by atoms with Gasteiger partial charge in [-0.2, -0.15) is 5.26 Å². The van der Waals surface area contributed by atoms with Gasteiger partial charge in [0.1, 0.15) is 0 Å². The Bertz CT molecular complexity index is 224. The van der Waals surface area contributed by atoms with Gasteiger partial charge in [0.25, 0.3) is 0 Å². The van der Waals surface area contributed by atoms with Crippen LogP contribution in [0.3, 0.4) is 0 Å². The molecule has 0 aromatic carbocycles. The molecule has 1 heterocycles. The summed E-state index contributed by atoms with van der Waals surface area (Å²) in [5, 5.41) is 8.83. The maximum Gasteiger partial charge on any atom is 0.0669 e. The first-order valence-corrected chi connectivity index (χ1v) is 5.32. The van der Waals surface area contributed by atoms with E-state index in [4.69, 9.17) is 11.0 Å². The topological polar surface area (TPSA) is 53.0 Å². The van der Waals surface area contributed by atoms with Gasteiger partial charge < -0.3 is 5.73 Å². The Morgan fingerprint density at radius 1 is 1.57 bits per heavy atom. The molecule has 0 aromatic rings. The summed E-state index contributed by atoms with van der Waals surface area (Å²) in [5.41, 5.74) is 6.01. The number of hydrogen-bond acceptors (Lipinski definition) is 3. The Kier molecular flexibility index (Phi) is 3.52. The summed E-state index contributed by atoms with van der Waals surface area (Å²) in [7, 11) is 0. The first kappa shape index (κ1) is 11.5. The number of nitrogens with zero attached hydrogens (tertiary/aromatic N) is 2. The molecule has 3 heteroatoms. The quantitative estimate of drug-likeness (QED) is 0.720. The summed E-state index contributed by atoms with van der Waals surface area (Å²) in [6.45, 7) is 9.24. The maximum atomic E-state index is 8.83. The SMILES string of the molecule is CC(C)(C)C(CN)N1CCC(C#N)C1. The van der Waals surface area contributed by atoms with Crippen LogP contribution in [0.2, 0.25) is 0 Å². The minimum atomic E-state index is 0.207. The van der Waals surface area contributed by atoms with Crippen LogP contribution in [0.1, 0.15) is 27.2 Å². The Balaban J connectivity index is 2.61. The second-order valence-corrected chi connectivity index (χ2v) is 5.23. The van der Waals surface area contributed by atoms with Gasteiger partial charge in [0.05, 0.1) is 12.0 Å². The zero-order valence-corrected chi connectivity index (χ0v) is 9.45. The van der Waals surface area contributed by atoms with Crippen molar-refractivity contribution in [3.8, 4) is 6.07 Å². The third-order valence-corrected chi connectivity index (χ3v) is 3.07. The molecule has 3 nitrogen and oxygen atoms in total. The minimum absolute atomic E-state index is 0.207. The smallest absolute Gasteiger partial charge is 0.0669 e. The van der Waals surface area contributed by atoms with Crippen LogP contribution in [-0.4, -0.2) is 30.6 Å². The van der Waals surface area contributed by atoms with E-state index in [1.54, 1.807) is 0 Å². The van der Waals surface area contributed by atoms with E-state index >= 15 is 0 Å². The van der Waals surface area contributed by atoms with Crippen LogP contribution in [0.15, 0.2) is 0 Å². The number of likely N-dealkylation sites (tertiary alicyclic amines) is 1. The van der Waals surface area contributed by atoms with Crippen LogP contribution in [0, 0.1) is 22.7 Å². The lowest BCUT2D eigenvalue weighted by Crippen LogP contribution is -2.47.